The topological polar surface area (TPSA) is 62.2 Å². The van der Waals surface area contributed by atoms with Gasteiger partial charge in [0, 0.05) is 29.6 Å². The SMILES string of the molecule is Cc1ncc(C=O)c(CNc2ccc(F)c(Cl)c2)c1O. The first-order chi connectivity index (χ1) is 9.52. The minimum absolute atomic E-state index is 0.000687. The summed E-state index contributed by atoms with van der Waals surface area (Å²) in [6, 6.07) is 4.19. The maximum atomic E-state index is 13.0. The Kier molecular flexibility index (Phi) is 4.20. The fourth-order valence-electron chi connectivity index (χ4n) is 1.74. The lowest BCUT2D eigenvalue weighted by Gasteiger charge is -2.11. The van der Waals surface area contributed by atoms with Crippen molar-refractivity contribution in [3.63, 3.8) is 0 Å². The van der Waals surface area contributed by atoms with Gasteiger partial charge in [0.15, 0.2) is 6.29 Å². The normalized spacial score (nSPS) is 10.3. The predicted octanol–water partition coefficient (Wildman–Crippen LogP) is 3.31. The molecule has 1 aromatic carbocycles. The summed E-state index contributed by atoms with van der Waals surface area (Å²) in [5.41, 5.74) is 1.76. The lowest BCUT2D eigenvalue weighted by atomic mass is 10.1. The van der Waals surface area contributed by atoms with Crippen LogP contribution in [0, 0.1) is 12.7 Å². The molecule has 0 radical (unpaired) electrons. The minimum Gasteiger partial charge on any atom is -0.506 e. The van der Waals surface area contributed by atoms with Crippen LogP contribution < -0.4 is 5.32 Å². The van der Waals surface area contributed by atoms with Crippen LogP contribution in [-0.4, -0.2) is 16.4 Å². The summed E-state index contributed by atoms with van der Waals surface area (Å²) in [6.45, 7) is 1.84. The van der Waals surface area contributed by atoms with Crippen LogP contribution in [0.3, 0.4) is 0 Å². The molecule has 0 saturated carbocycles. The number of hydrogen-bond acceptors (Lipinski definition) is 4. The Morgan fingerprint density at radius 3 is 2.90 bits per heavy atom. The van der Waals surface area contributed by atoms with Gasteiger partial charge in [-0.25, -0.2) is 4.39 Å². The van der Waals surface area contributed by atoms with Crippen molar-refractivity contribution in [3.05, 3.63) is 52.1 Å². The molecule has 2 rings (SSSR count). The molecule has 104 valence electrons. The van der Waals surface area contributed by atoms with Crippen LogP contribution in [0.5, 0.6) is 5.75 Å². The second-order valence-corrected chi connectivity index (χ2v) is 4.63. The first-order valence-corrected chi connectivity index (χ1v) is 6.22. The summed E-state index contributed by atoms with van der Waals surface area (Å²) in [6.07, 6.45) is 2.03. The molecule has 2 aromatic rings. The van der Waals surface area contributed by atoms with Crippen molar-refractivity contribution in [2.24, 2.45) is 0 Å². The number of nitrogens with zero attached hydrogens (tertiary/aromatic N) is 1. The molecule has 0 aliphatic carbocycles. The van der Waals surface area contributed by atoms with Gasteiger partial charge in [0.2, 0.25) is 0 Å². The van der Waals surface area contributed by atoms with Crippen molar-refractivity contribution in [1.82, 2.24) is 4.98 Å². The summed E-state index contributed by atoms with van der Waals surface area (Å²) >= 11 is 5.68. The quantitative estimate of drug-likeness (QED) is 0.849. The molecular formula is C14H12ClFN2O2. The van der Waals surface area contributed by atoms with Gasteiger partial charge in [0.1, 0.15) is 11.6 Å². The van der Waals surface area contributed by atoms with Gasteiger partial charge >= 0.3 is 0 Å². The summed E-state index contributed by atoms with van der Waals surface area (Å²) in [5, 5.41) is 12.9. The lowest BCUT2D eigenvalue weighted by Crippen LogP contribution is -2.05. The molecule has 1 heterocycles. The molecule has 0 amide bonds. The van der Waals surface area contributed by atoms with Crippen molar-refractivity contribution < 1.29 is 14.3 Å². The van der Waals surface area contributed by atoms with E-state index < -0.39 is 5.82 Å². The maximum Gasteiger partial charge on any atom is 0.152 e. The number of aryl methyl sites for hydroxylation is 1. The Hall–Kier alpha value is -2.14. The van der Waals surface area contributed by atoms with E-state index in [2.05, 4.69) is 10.3 Å². The van der Waals surface area contributed by atoms with Gasteiger partial charge in [-0.1, -0.05) is 11.6 Å². The van der Waals surface area contributed by atoms with Crippen molar-refractivity contribution in [3.8, 4) is 5.75 Å². The number of halogens is 2. The second-order valence-electron chi connectivity index (χ2n) is 4.23. The molecule has 20 heavy (non-hydrogen) atoms. The number of pyridine rings is 1. The summed E-state index contributed by atoms with van der Waals surface area (Å²) in [4.78, 5) is 14.9. The number of aromatic hydroxyl groups is 1. The number of benzene rings is 1. The van der Waals surface area contributed by atoms with E-state index in [0.717, 1.165) is 0 Å². The summed E-state index contributed by atoms with van der Waals surface area (Å²) < 4.78 is 13.0. The number of hydrogen-bond donors (Lipinski definition) is 2. The van der Waals surface area contributed by atoms with Gasteiger partial charge in [-0.2, -0.15) is 0 Å². The van der Waals surface area contributed by atoms with Crippen LogP contribution in [0.4, 0.5) is 10.1 Å². The maximum absolute atomic E-state index is 13.0. The number of aldehydes is 1. The average Bonchev–Trinajstić information content (AvgIpc) is 2.44. The molecule has 0 fully saturated rings. The first kappa shape index (κ1) is 14.3. The number of rotatable bonds is 4. The third-order valence-electron chi connectivity index (χ3n) is 2.89. The van der Waals surface area contributed by atoms with Crippen LogP contribution in [0.15, 0.2) is 24.4 Å². The highest BCUT2D eigenvalue weighted by atomic mass is 35.5. The van der Waals surface area contributed by atoms with E-state index in [4.69, 9.17) is 11.6 Å². The Morgan fingerprint density at radius 1 is 1.50 bits per heavy atom. The molecule has 0 atom stereocenters. The van der Waals surface area contributed by atoms with E-state index in [1.54, 1.807) is 6.92 Å². The van der Waals surface area contributed by atoms with Gasteiger partial charge in [-0.3, -0.25) is 9.78 Å². The predicted molar refractivity (Wildman–Crippen MR) is 74.8 cm³/mol. The van der Waals surface area contributed by atoms with Gasteiger partial charge in [-0.15, -0.1) is 0 Å². The standard InChI is InChI=1S/C14H12ClFN2O2/c1-8-14(20)11(9(7-19)5-17-8)6-18-10-2-3-13(16)12(15)4-10/h2-5,7,18,20H,6H2,1H3. The van der Waals surface area contributed by atoms with E-state index in [0.29, 0.717) is 28.8 Å². The molecule has 0 aliphatic rings. The fourth-order valence-corrected chi connectivity index (χ4v) is 1.92. The summed E-state index contributed by atoms with van der Waals surface area (Å²) in [7, 11) is 0. The molecule has 0 aliphatic heterocycles. The van der Waals surface area contributed by atoms with Gasteiger partial charge < -0.3 is 10.4 Å². The monoisotopic (exact) mass is 294 g/mol. The average molecular weight is 295 g/mol. The van der Waals surface area contributed by atoms with E-state index in [9.17, 15) is 14.3 Å². The number of carbonyl (C=O) groups excluding carboxylic acids is 1. The third-order valence-corrected chi connectivity index (χ3v) is 3.18. The van der Waals surface area contributed by atoms with Gasteiger partial charge in [0.05, 0.1) is 10.7 Å². The van der Waals surface area contributed by atoms with E-state index >= 15 is 0 Å². The third kappa shape index (κ3) is 2.88. The molecule has 0 spiro atoms. The summed E-state index contributed by atoms with van der Waals surface area (Å²) in [5.74, 6) is -0.538. The highest BCUT2D eigenvalue weighted by Crippen LogP contribution is 2.25. The van der Waals surface area contributed by atoms with E-state index in [-0.39, 0.29) is 17.3 Å². The van der Waals surface area contributed by atoms with Crippen molar-refractivity contribution in [1.29, 1.82) is 0 Å². The highest BCUT2D eigenvalue weighted by molar-refractivity contribution is 6.31. The Bertz CT molecular complexity index is 662. The Balaban J connectivity index is 2.24. The zero-order valence-electron chi connectivity index (χ0n) is 10.7. The Morgan fingerprint density at radius 2 is 2.25 bits per heavy atom. The molecular weight excluding hydrogens is 283 g/mol. The molecule has 6 heteroatoms. The first-order valence-electron chi connectivity index (χ1n) is 5.84. The van der Waals surface area contributed by atoms with Crippen LogP contribution in [0.25, 0.3) is 0 Å². The van der Waals surface area contributed by atoms with Crippen LogP contribution in [-0.2, 0) is 6.54 Å². The highest BCUT2D eigenvalue weighted by Gasteiger charge is 2.11. The molecule has 4 nitrogen and oxygen atoms in total. The molecule has 2 N–H and O–H groups in total. The number of carbonyl (C=O) groups is 1. The molecule has 0 unspecified atom stereocenters. The van der Waals surface area contributed by atoms with Crippen LogP contribution in [0.2, 0.25) is 5.02 Å². The minimum atomic E-state index is -0.506. The Labute approximate surface area is 120 Å². The van der Waals surface area contributed by atoms with E-state index in [1.807, 2.05) is 0 Å². The van der Waals surface area contributed by atoms with Gasteiger partial charge in [0.25, 0.3) is 0 Å². The zero-order valence-corrected chi connectivity index (χ0v) is 11.4. The molecule has 0 saturated heterocycles. The van der Waals surface area contributed by atoms with Gasteiger partial charge in [-0.05, 0) is 25.1 Å². The van der Waals surface area contributed by atoms with Crippen molar-refractivity contribution in [2.45, 2.75) is 13.5 Å². The fraction of sp³-hybridized carbons (Fsp3) is 0.143. The smallest absolute Gasteiger partial charge is 0.152 e. The largest absolute Gasteiger partial charge is 0.506 e. The van der Waals surface area contributed by atoms with Crippen molar-refractivity contribution in [2.75, 3.05) is 5.32 Å². The van der Waals surface area contributed by atoms with E-state index in [1.165, 1.54) is 24.4 Å². The zero-order chi connectivity index (χ0) is 14.7. The molecule has 0 bridgehead atoms. The second kappa shape index (κ2) is 5.88. The van der Waals surface area contributed by atoms with Crippen LogP contribution >= 0.6 is 11.6 Å². The lowest BCUT2D eigenvalue weighted by molar-refractivity contribution is 0.112. The number of anilines is 1. The number of aromatic nitrogens is 1. The van der Waals surface area contributed by atoms with Crippen LogP contribution in [0.1, 0.15) is 21.6 Å². The van der Waals surface area contributed by atoms with Crippen molar-refractivity contribution >= 4 is 23.6 Å². The number of nitrogens with one attached hydrogen (secondary N) is 1. The molecule has 1 aromatic heterocycles.